The highest BCUT2D eigenvalue weighted by atomic mass is 16.6. The summed E-state index contributed by atoms with van der Waals surface area (Å²) in [5.74, 6) is 0. The van der Waals surface area contributed by atoms with Crippen molar-refractivity contribution in [2.24, 2.45) is 0 Å². The van der Waals surface area contributed by atoms with E-state index in [9.17, 15) is 0 Å². The zero-order valence-corrected chi connectivity index (χ0v) is 17.3. The molecule has 2 saturated heterocycles. The lowest BCUT2D eigenvalue weighted by molar-refractivity contribution is -0.192. The second kappa shape index (κ2) is 10.3. The molecule has 148 valence electrons. The average Bonchev–Trinajstić information content (AvgIpc) is 3.50. The summed E-state index contributed by atoms with van der Waals surface area (Å²) in [6.45, 7) is 10.9. The van der Waals surface area contributed by atoms with Crippen molar-refractivity contribution in [2.45, 2.75) is 128 Å². The summed E-state index contributed by atoms with van der Waals surface area (Å²) in [4.78, 5) is 0. The van der Waals surface area contributed by atoms with Gasteiger partial charge in [0.1, 0.15) is 12.2 Å². The maximum atomic E-state index is 7.23. The summed E-state index contributed by atoms with van der Waals surface area (Å²) in [7, 11) is 0. The van der Waals surface area contributed by atoms with E-state index in [2.05, 4.69) is 27.7 Å². The lowest BCUT2D eigenvalue weighted by atomic mass is 9.82. The molecule has 2 atom stereocenters. The SMILES string of the molecule is CCCCC(CCCC)(OC(CCCC)(CCCC)C1CO1)C1CO1. The van der Waals surface area contributed by atoms with Crippen LogP contribution in [-0.4, -0.2) is 36.6 Å². The zero-order chi connectivity index (χ0) is 18.2. The summed E-state index contributed by atoms with van der Waals surface area (Å²) in [5, 5.41) is 0. The molecule has 3 heteroatoms. The average molecular weight is 355 g/mol. The van der Waals surface area contributed by atoms with E-state index < -0.39 is 0 Å². The van der Waals surface area contributed by atoms with Crippen LogP contribution in [0.1, 0.15) is 105 Å². The normalized spacial score (nSPS) is 23.0. The van der Waals surface area contributed by atoms with Crippen molar-refractivity contribution >= 4 is 0 Å². The monoisotopic (exact) mass is 354 g/mol. The van der Waals surface area contributed by atoms with Crippen LogP contribution in [0.3, 0.4) is 0 Å². The van der Waals surface area contributed by atoms with Gasteiger partial charge in [-0.2, -0.15) is 0 Å². The number of ether oxygens (including phenoxy) is 3. The molecule has 2 aliphatic heterocycles. The predicted octanol–water partition coefficient (Wildman–Crippen LogP) is 6.04. The first-order valence-electron chi connectivity index (χ1n) is 11.1. The van der Waals surface area contributed by atoms with Gasteiger partial charge in [-0.15, -0.1) is 0 Å². The minimum atomic E-state index is -0.0839. The van der Waals surface area contributed by atoms with Crippen molar-refractivity contribution in [1.29, 1.82) is 0 Å². The summed E-state index contributed by atoms with van der Waals surface area (Å²) in [6, 6.07) is 0. The molecule has 2 fully saturated rings. The number of hydrogen-bond acceptors (Lipinski definition) is 3. The highest BCUT2D eigenvalue weighted by molar-refractivity contribution is 5.03. The Labute approximate surface area is 156 Å². The van der Waals surface area contributed by atoms with Crippen LogP contribution in [0.5, 0.6) is 0 Å². The molecule has 0 aromatic heterocycles. The van der Waals surface area contributed by atoms with Crippen molar-refractivity contribution in [3.8, 4) is 0 Å². The summed E-state index contributed by atoms with van der Waals surface area (Å²) >= 11 is 0. The fraction of sp³-hybridized carbons (Fsp3) is 1.00. The quantitative estimate of drug-likeness (QED) is 0.317. The number of hydrogen-bond donors (Lipinski definition) is 0. The Hall–Kier alpha value is -0.120. The third-order valence-corrected chi connectivity index (χ3v) is 6.06. The largest absolute Gasteiger partial charge is 0.370 e. The first kappa shape index (κ1) is 21.2. The van der Waals surface area contributed by atoms with Crippen LogP contribution in [0.15, 0.2) is 0 Å². The minimum Gasteiger partial charge on any atom is -0.370 e. The molecule has 2 rings (SSSR count). The molecule has 0 bridgehead atoms. The van der Waals surface area contributed by atoms with E-state index in [1.54, 1.807) is 0 Å². The Morgan fingerprint density at radius 2 is 0.920 bits per heavy atom. The van der Waals surface area contributed by atoms with Gasteiger partial charge >= 0.3 is 0 Å². The fourth-order valence-electron chi connectivity index (χ4n) is 4.24. The molecule has 2 heterocycles. The van der Waals surface area contributed by atoms with E-state index in [0.29, 0.717) is 12.2 Å². The Balaban J connectivity index is 2.21. The molecule has 0 amide bonds. The van der Waals surface area contributed by atoms with Crippen LogP contribution >= 0.6 is 0 Å². The molecule has 0 N–H and O–H groups in total. The molecule has 0 aromatic carbocycles. The van der Waals surface area contributed by atoms with Gasteiger partial charge in [-0.25, -0.2) is 0 Å². The maximum absolute atomic E-state index is 7.23. The Morgan fingerprint density at radius 1 is 0.640 bits per heavy atom. The minimum absolute atomic E-state index is 0.0839. The molecule has 0 spiro atoms. The van der Waals surface area contributed by atoms with E-state index in [-0.39, 0.29) is 11.2 Å². The number of epoxide rings is 2. The Morgan fingerprint density at radius 3 is 1.12 bits per heavy atom. The lowest BCUT2D eigenvalue weighted by Gasteiger charge is -2.44. The van der Waals surface area contributed by atoms with Crippen molar-refractivity contribution in [2.75, 3.05) is 13.2 Å². The first-order valence-corrected chi connectivity index (χ1v) is 11.1. The van der Waals surface area contributed by atoms with E-state index in [1.807, 2.05) is 0 Å². The van der Waals surface area contributed by atoms with Gasteiger partial charge in [0.2, 0.25) is 0 Å². The molecule has 0 radical (unpaired) electrons. The van der Waals surface area contributed by atoms with Gasteiger partial charge in [-0.3, -0.25) is 0 Å². The van der Waals surface area contributed by atoms with Crippen molar-refractivity contribution in [1.82, 2.24) is 0 Å². The summed E-state index contributed by atoms with van der Waals surface area (Å²) in [6.07, 6.45) is 15.0. The zero-order valence-electron chi connectivity index (χ0n) is 17.3. The summed E-state index contributed by atoms with van der Waals surface area (Å²) in [5.41, 5.74) is -0.168. The van der Waals surface area contributed by atoms with E-state index >= 15 is 0 Å². The Kier molecular flexibility index (Phi) is 8.71. The standard InChI is InChI=1S/C22H42O3/c1-5-9-13-21(14-10-6-2,19-17-23-19)25-22(15-11-7-3,16-12-8-4)20-18-24-20/h19-20H,5-18H2,1-4H3. The Bertz CT molecular complexity index is 310. The third-order valence-electron chi connectivity index (χ3n) is 6.06. The summed E-state index contributed by atoms with van der Waals surface area (Å²) < 4.78 is 18.9. The lowest BCUT2D eigenvalue weighted by Crippen LogP contribution is -2.51. The molecule has 0 aromatic rings. The van der Waals surface area contributed by atoms with Crippen LogP contribution in [0.25, 0.3) is 0 Å². The van der Waals surface area contributed by atoms with Crippen LogP contribution < -0.4 is 0 Å². The molecular weight excluding hydrogens is 312 g/mol. The van der Waals surface area contributed by atoms with Gasteiger partial charge in [-0.05, 0) is 25.7 Å². The highest BCUT2D eigenvalue weighted by Crippen LogP contribution is 2.47. The fourth-order valence-corrected chi connectivity index (χ4v) is 4.24. The molecule has 3 nitrogen and oxygen atoms in total. The van der Waals surface area contributed by atoms with E-state index in [1.165, 1.54) is 51.4 Å². The molecular formula is C22H42O3. The van der Waals surface area contributed by atoms with Crippen molar-refractivity contribution in [3.05, 3.63) is 0 Å². The molecule has 25 heavy (non-hydrogen) atoms. The smallest absolute Gasteiger partial charge is 0.110 e. The second-order valence-electron chi connectivity index (χ2n) is 8.29. The van der Waals surface area contributed by atoms with Gasteiger partial charge in [0.15, 0.2) is 0 Å². The number of unbranched alkanes of at least 4 members (excludes halogenated alkanes) is 4. The first-order chi connectivity index (χ1) is 12.2. The molecule has 2 unspecified atom stereocenters. The molecule has 0 aliphatic carbocycles. The van der Waals surface area contributed by atoms with Crippen molar-refractivity contribution < 1.29 is 14.2 Å². The van der Waals surface area contributed by atoms with E-state index in [4.69, 9.17) is 14.2 Å². The van der Waals surface area contributed by atoms with Gasteiger partial charge in [-0.1, -0.05) is 79.1 Å². The van der Waals surface area contributed by atoms with E-state index in [0.717, 1.165) is 38.9 Å². The molecule has 2 aliphatic rings. The van der Waals surface area contributed by atoms with Crippen molar-refractivity contribution in [3.63, 3.8) is 0 Å². The van der Waals surface area contributed by atoms with Crippen LogP contribution in [-0.2, 0) is 14.2 Å². The van der Waals surface area contributed by atoms with Crippen LogP contribution in [0, 0.1) is 0 Å². The van der Waals surface area contributed by atoms with Crippen LogP contribution in [0.2, 0.25) is 0 Å². The second-order valence-corrected chi connectivity index (χ2v) is 8.29. The van der Waals surface area contributed by atoms with Crippen LogP contribution in [0.4, 0.5) is 0 Å². The van der Waals surface area contributed by atoms with Gasteiger partial charge in [0.25, 0.3) is 0 Å². The highest BCUT2D eigenvalue weighted by Gasteiger charge is 2.56. The van der Waals surface area contributed by atoms with Gasteiger partial charge < -0.3 is 14.2 Å². The van der Waals surface area contributed by atoms with Gasteiger partial charge in [0.05, 0.1) is 24.4 Å². The maximum Gasteiger partial charge on any atom is 0.110 e. The molecule has 0 saturated carbocycles. The topological polar surface area (TPSA) is 34.3 Å². The number of rotatable bonds is 16. The van der Waals surface area contributed by atoms with Gasteiger partial charge in [0, 0.05) is 0 Å². The predicted molar refractivity (Wildman–Crippen MR) is 104 cm³/mol. The third kappa shape index (κ3) is 5.94.